The molecular formula is C17H24N2O2. The molecule has 2 rings (SSSR count). The highest BCUT2D eigenvalue weighted by Gasteiger charge is 2.45. The van der Waals surface area contributed by atoms with E-state index in [4.69, 9.17) is 0 Å². The Morgan fingerprint density at radius 2 is 1.86 bits per heavy atom. The fourth-order valence-corrected chi connectivity index (χ4v) is 2.66. The zero-order chi connectivity index (χ0) is 15.7. The van der Waals surface area contributed by atoms with Crippen LogP contribution < -0.4 is 5.32 Å². The highest BCUT2D eigenvalue weighted by Crippen LogP contribution is 2.29. The van der Waals surface area contributed by atoms with Crippen molar-refractivity contribution < 1.29 is 9.59 Å². The zero-order valence-electron chi connectivity index (χ0n) is 13.3. The topological polar surface area (TPSA) is 49.4 Å². The predicted octanol–water partition coefficient (Wildman–Crippen LogP) is 2.30. The Kier molecular flexibility index (Phi) is 4.08. The summed E-state index contributed by atoms with van der Waals surface area (Å²) in [6.07, 6.45) is 0.959. The normalized spacial score (nSPS) is 23.1. The van der Waals surface area contributed by atoms with Crippen LogP contribution in [0.3, 0.4) is 0 Å². The van der Waals surface area contributed by atoms with Gasteiger partial charge in [0.05, 0.1) is 6.54 Å². The van der Waals surface area contributed by atoms with Gasteiger partial charge in [0.2, 0.25) is 5.91 Å². The van der Waals surface area contributed by atoms with Crippen LogP contribution in [0.5, 0.6) is 0 Å². The van der Waals surface area contributed by atoms with Gasteiger partial charge in [-0.3, -0.25) is 9.59 Å². The second kappa shape index (κ2) is 5.51. The molecule has 4 heteroatoms. The monoisotopic (exact) mass is 288 g/mol. The number of hydrogen-bond acceptors (Lipinski definition) is 2. The lowest BCUT2D eigenvalue weighted by Gasteiger charge is -2.42. The molecule has 1 aromatic rings. The van der Waals surface area contributed by atoms with Crippen molar-refractivity contribution in [1.82, 2.24) is 10.2 Å². The molecule has 1 aliphatic heterocycles. The Bertz CT molecular complexity index is 539. The van der Waals surface area contributed by atoms with Crippen LogP contribution in [-0.4, -0.2) is 29.8 Å². The SMILES string of the molecule is CCC(C)(C)CN1CC(=O)NC(C)(c2ccccc2)C1=O. The summed E-state index contributed by atoms with van der Waals surface area (Å²) in [5.74, 6) is -0.136. The van der Waals surface area contributed by atoms with Gasteiger partial charge in [-0.1, -0.05) is 51.1 Å². The number of rotatable bonds is 4. The first-order valence-corrected chi connectivity index (χ1v) is 7.44. The van der Waals surface area contributed by atoms with E-state index in [1.165, 1.54) is 0 Å². The number of amides is 2. The Morgan fingerprint density at radius 3 is 2.43 bits per heavy atom. The second-order valence-electron chi connectivity index (χ2n) is 6.72. The number of hydrogen-bond donors (Lipinski definition) is 1. The molecule has 0 bridgehead atoms. The van der Waals surface area contributed by atoms with E-state index in [2.05, 4.69) is 26.1 Å². The van der Waals surface area contributed by atoms with Gasteiger partial charge in [-0.15, -0.1) is 0 Å². The Balaban J connectivity index is 2.32. The molecule has 1 N–H and O–H groups in total. The van der Waals surface area contributed by atoms with Crippen molar-refractivity contribution in [3.8, 4) is 0 Å². The molecule has 0 saturated carbocycles. The van der Waals surface area contributed by atoms with Gasteiger partial charge in [-0.05, 0) is 24.3 Å². The first-order valence-electron chi connectivity index (χ1n) is 7.44. The van der Waals surface area contributed by atoms with Crippen LogP contribution in [0.2, 0.25) is 0 Å². The maximum absolute atomic E-state index is 12.9. The number of benzene rings is 1. The minimum atomic E-state index is -0.972. The van der Waals surface area contributed by atoms with Crippen LogP contribution in [0, 0.1) is 5.41 Å². The second-order valence-corrected chi connectivity index (χ2v) is 6.72. The molecule has 21 heavy (non-hydrogen) atoms. The van der Waals surface area contributed by atoms with E-state index < -0.39 is 5.54 Å². The molecule has 1 atom stereocenters. The van der Waals surface area contributed by atoms with Crippen molar-refractivity contribution >= 4 is 11.8 Å². The molecule has 0 spiro atoms. The average Bonchev–Trinajstić information content (AvgIpc) is 2.45. The molecular weight excluding hydrogens is 264 g/mol. The fraction of sp³-hybridized carbons (Fsp3) is 0.529. The fourth-order valence-electron chi connectivity index (χ4n) is 2.66. The van der Waals surface area contributed by atoms with E-state index in [1.807, 2.05) is 30.3 Å². The lowest BCUT2D eigenvalue weighted by Crippen LogP contribution is -2.64. The minimum Gasteiger partial charge on any atom is -0.337 e. The van der Waals surface area contributed by atoms with Crippen molar-refractivity contribution in [2.75, 3.05) is 13.1 Å². The highest BCUT2D eigenvalue weighted by molar-refractivity contribution is 5.98. The van der Waals surface area contributed by atoms with Crippen LogP contribution in [0.25, 0.3) is 0 Å². The number of piperazine rings is 1. The third-order valence-corrected chi connectivity index (χ3v) is 4.37. The first-order chi connectivity index (χ1) is 9.78. The zero-order valence-corrected chi connectivity index (χ0v) is 13.3. The summed E-state index contributed by atoms with van der Waals surface area (Å²) in [7, 11) is 0. The predicted molar refractivity (Wildman–Crippen MR) is 82.6 cm³/mol. The smallest absolute Gasteiger partial charge is 0.253 e. The van der Waals surface area contributed by atoms with Gasteiger partial charge >= 0.3 is 0 Å². The molecule has 1 aromatic carbocycles. The van der Waals surface area contributed by atoms with Crippen molar-refractivity contribution in [3.05, 3.63) is 35.9 Å². The van der Waals surface area contributed by atoms with E-state index in [0.717, 1.165) is 12.0 Å². The molecule has 114 valence electrons. The third kappa shape index (κ3) is 3.09. The third-order valence-electron chi connectivity index (χ3n) is 4.37. The minimum absolute atomic E-state index is 0.00484. The molecule has 0 aromatic heterocycles. The van der Waals surface area contributed by atoms with Gasteiger partial charge in [0.25, 0.3) is 5.91 Å². The molecule has 0 aliphatic carbocycles. The Morgan fingerprint density at radius 1 is 1.24 bits per heavy atom. The number of nitrogens with zero attached hydrogens (tertiary/aromatic N) is 1. The van der Waals surface area contributed by atoms with E-state index in [0.29, 0.717) is 6.54 Å². The van der Waals surface area contributed by atoms with Gasteiger partial charge in [0, 0.05) is 6.54 Å². The standard InChI is InChI=1S/C17H24N2O2/c1-5-16(2,3)12-19-11-14(20)18-17(4,15(19)21)13-9-7-6-8-10-13/h6-10H,5,11-12H2,1-4H3,(H,18,20). The van der Waals surface area contributed by atoms with Crippen LogP contribution in [0.1, 0.15) is 39.7 Å². The summed E-state index contributed by atoms with van der Waals surface area (Å²) in [6, 6.07) is 9.43. The largest absolute Gasteiger partial charge is 0.337 e. The Labute approximate surface area is 126 Å². The van der Waals surface area contributed by atoms with Gasteiger partial charge < -0.3 is 10.2 Å². The van der Waals surface area contributed by atoms with E-state index in [1.54, 1.807) is 11.8 Å². The Hall–Kier alpha value is -1.84. The summed E-state index contributed by atoms with van der Waals surface area (Å²) in [5.41, 5.74) is -0.145. The summed E-state index contributed by atoms with van der Waals surface area (Å²) >= 11 is 0. The summed E-state index contributed by atoms with van der Waals surface area (Å²) in [6.45, 7) is 8.86. The lowest BCUT2D eigenvalue weighted by atomic mass is 9.85. The number of carbonyl (C=O) groups excluding carboxylic acids is 2. The van der Waals surface area contributed by atoms with Crippen LogP contribution >= 0.6 is 0 Å². The molecule has 1 aliphatic rings. The van der Waals surface area contributed by atoms with E-state index >= 15 is 0 Å². The highest BCUT2D eigenvalue weighted by atomic mass is 16.2. The quantitative estimate of drug-likeness (QED) is 0.924. The van der Waals surface area contributed by atoms with E-state index in [-0.39, 0.29) is 23.8 Å². The van der Waals surface area contributed by atoms with Crippen molar-refractivity contribution in [2.24, 2.45) is 5.41 Å². The molecule has 0 radical (unpaired) electrons. The maximum atomic E-state index is 12.9. The molecule has 1 fully saturated rings. The van der Waals surface area contributed by atoms with Crippen molar-refractivity contribution in [3.63, 3.8) is 0 Å². The molecule has 1 heterocycles. The van der Waals surface area contributed by atoms with Gasteiger partial charge in [-0.2, -0.15) is 0 Å². The van der Waals surface area contributed by atoms with Crippen LogP contribution in [0.15, 0.2) is 30.3 Å². The van der Waals surface area contributed by atoms with Crippen molar-refractivity contribution in [2.45, 2.75) is 39.7 Å². The molecule has 1 unspecified atom stereocenters. The number of carbonyl (C=O) groups is 2. The average molecular weight is 288 g/mol. The molecule has 2 amide bonds. The van der Waals surface area contributed by atoms with E-state index in [9.17, 15) is 9.59 Å². The lowest BCUT2D eigenvalue weighted by molar-refractivity contribution is -0.151. The molecule has 1 saturated heterocycles. The summed E-state index contributed by atoms with van der Waals surface area (Å²) in [4.78, 5) is 26.7. The number of nitrogens with one attached hydrogen (secondary N) is 1. The maximum Gasteiger partial charge on any atom is 0.253 e. The van der Waals surface area contributed by atoms with Crippen LogP contribution in [-0.2, 0) is 15.1 Å². The molecule has 4 nitrogen and oxygen atoms in total. The first kappa shape index (κ1) is 15.5. The summed E-state index contributed by atoms with van der Waals surface area (Å²) < 4.78 is 0. The van der Waals surface area contributed by atoms with Gasteiger partial charge in [0.1, 0.15) is 5.54 Å². The van der Waals surface area contributed by atoms with Crippen molar-refractivity contribution in [1.29, 1.82) is 0 Å². The van der Waals surface area contributed by atoms with Gasteiger partial charge in [-0.25, -0.2) is 0 Å². The van der Waals surface area contributed by atoms with Crippen LogP contribution in [0.4, 0.5) is 0 Å². The summed E-state index contributed by atoms with van der Waals surface area (Å²) in [5, 5.41) is 2.86. The van der Waals surface area contributed by atoms with Gasteiger partial charge in [0.15, 0.2) is 0 Å².